The Morgan fingerprint density at radius 1 is 1.14 bits per heavy atom. The Kier molecular flexibility index (Phi) is 5.65. The van der Waals surface area contributed by atoms with Crippen LogP contribution in [-0.4, -0.2) is 31.6 Å². The second kappa shape index (κ2) is 8.13. The van der Waals surface area contributed by atoms with E-state index in [0.29, 0.717) is 17.3 Å². The molecular formula is C19H20N4O4S. The van der Waals surface area contributed by atoms with Crippen molar-refractivity contribution in [3.63, 3.8) is 0 Å². The molecule has 2 aromatic carbocycles. The fourth-order valence-corrected chi connectivity index (χ4v) is 3.22. The average molecular weight is 400 g/mol. The van der Waals surface area contributed by atoms with Gasteiger partial charge in [0.1, 0.15) is 22.3 Å². The molecule has 0 spiro atoms. The van der Waals surface area contributed by atoms with E-state index in [0.717, 1.165) is 11.1 Å². The van der Waals surface area contributed by atoms with E-state index >= 15 is 0 Å². The molecule has 1 heterocycles. The number of aryl methyl sites for hydroxylation is 1. The van der Waals surface area contributed by atoms with Crippen LogP contribution in [0.3, 0.4) is 0 Å². The van der Waals surface area contributed by atoms with Crippen LogP contribution in [0.2, 0.25) is 0 Å². The molecule has 0 saturated carbocycles. The highest BCUT2D eigenvalue weighted by Gasteiger charge is 2.15. The lowest BCUT2D eigenvalue weighted by Crippen LogP contribution is -2.11. The van der Waals surface area contributed by atoms with Crippen LogP contribution in [0.5, 0.6) is 5.75 Å². The molecule has 3 rings (SSSR count). The highest BCUT2D eigenvalue weighted by Crippen LogP contribution is 2.29. The maximum absolute atomic E-state index is 12.2. The van der Waals surface area contributed by atoms with E-state index in [1.54, 1.807) is 32.2 Å². The maximum atomic E-state index is 12.2. The van der Waals surface area contributed by atoms with Crippen LogP contribution in [0.15, 0.2) is 64.6 Å². The van der Waals surface area contributed by atoms with E-state index in [-0.39, 0.29) is 10.7 Å². The van der Waals surface area contributed by atoms with E-state index < -0.39 is 10.1 Å². The molecule has 146 valence electrons. The second-order valence-corrected chi connectivity index (χ2v) is 7.54. The quantitative estimate of drug-likeness (QED) is 0.372. The normalized spacial score (nSPS) is 11.9. The van der Waals surface area contributed by atoms with Gasteiger partial charge in [0.05, 0.1) is 12.8 Å². The van der Waals surface area contributed by atoms with Gasteiger partial charge in [0, 0.05) is 11.6 Å². The molecule has 0 atom stereocenters. The van der Waals surface area contributed by atoms with Crippen molar-refractivity contribution in [3.8, 4) is 17.0 Å². The van der Waals surface area contributed by atoms with Crippen LogP contribution in [0.25, 0.3) is 11.3 Å². The van der Waals surface area contributed by atoms with Gasteiger partial charge in [0.15, 0.2) is 0 Å². The van der Waals surface area contributed by atoms with Crippen LogP contribution in [0.4, 0.5) is 5.82 Å². The van der Waals surface area contributed by atoms with Gasteiger partial charge in [-0.05, 0) is 38.1 Å². The lowest BCUT2D eigenvalue weighted by atomic mass is 10.1. The number of ether oxygens (including phenoxy) is 1. The molecule has 0 amide bonds. The van der Waals surface area contributed by atoms with Gasteiger partial charge < -0.3 is 10.1 Å². The third-order valence-electron chi connectivity index (χ3n) is 3.86. The molecule has 0 aliphatic carbocycles. The van der Waals surface area contributed by atoms with Crippen LogP contribution >= 0.6 is 0 Å². The van der Waals surface area contributed by atoms with Crippen LogP contribution < -0.4 is 10.1 Å². The Hall–Kier alpha value is -3.33. The Morgan fingerprint density at radius 3 is 2.57 bits per heavy atom. The largest absolute Gasteiger partial charge is 0.496 e. The summed E-state index contributed by atoms with van der Waals surface area (Å²) in [7, 11) is -2.39. The molecule has 0 bridgehead atoms. The zero-order chi connectivity index (χ0) is 20.1. The number of rotatable bonds is 6. The molecule has 8 nitrogen and oxygen atoms in total. The average Bonchev–Trinajstić information content (AvgIpc) is 3.15. The summed E-state index contributed by atoms with van der Waals surface area (Å²) in [5, 5.41) is 13.6. The zero-order valence-electron chi connectivity index (χ0n) is 15.6. The summed E-state index contributed by atoms with van der Waals surface area (Å²) in [4.78, 5) is 0.0367. The first kappa shape index (κ1) is 19.4. The summed E-state index contributed by atoms with van der Waals surface area (Å²) in [6, 6.07) is 15.6. The topological polar surface area (TPSA) is 106 Å². The first-order chi connectivity index (χ1) is 13.4. The Morgan fingerprint density at radius 2 is 1.86 bits per heavy atom. The van der Waals surface area contributed by atoms with Gasteiger partial charge in [-0.15, -0.1) is 0 Å². The zero-order valence-corrected chi connectivity index (χ0v) is 16.4. The van der Waals surface area contributed by atoms with E-state index in [9.17, 15) is 8.42 Å². The van der Waals surface area contributed by atoms with Gasteiger partial charge in [0.2, 0.25) is 0 Å². The summed E-state index contributed by atoms with van der Waals surface area (Å²) in [6.45, 7) is 3.45. The lowest BCUT2D eigenvalue weighted by Gasteiger charge is -2.05. The monoisotopic (exact) mass is 400 g/mol. The number of methoxy groups -OCH3 is 1. The van der Waals surface area contributed by atoms with Crippen molar-refractivity contribution >= 4 is 21.8 Å². The number of benzene rings is 2. The van der Waals surface area contributed by atoms with Crippen molar-refractivity contribution in [1.29, 1.82) is 0 Å². The summed E-state index contributed by atoms with van der Waals surface area (Å²) in [5.74, 6) is 1.46. The number of nitrogens with one attached hydrogen (secondary N) is 2. The number of anilines is 1. The Labute approximate surface area is 163 Å². The minimum absolute atomic E-state index is 0.0367. The molecule has 0 aliphatic rings. The van der Waals surface area contributed by atoms with Crippen molar-refractivity contribution in [3.05, 3.63) is 60.2 Å². The predicted molar refractivity (Wildman–Crippen MR) is 107 cm³/mol. The number of amidine groups is 1. The number of H-pyrrole nitrogens is 1. The summed E-state index contributed by atoms with van der Waals surface area (Å²) < 4.78 is 34.4. The summed E-state index contributed by atoms with van der Waals surface area (Å²) in [5.41, 5.74) is 2.44. The number of para-hydroxylation sites is 1. The second-order valence-electron chi connectivity index (χ2n) is 6.01. The predicted octanol–water partition coefficient (Wildman–Crippen LogP) is 3.54. The van der Waals surface area contributed by atoms with Crippen molar-refractivity contribution in [2.45, 2.75) is 18.7 Å². The van der Waals surface area contributed by atoms with Crippen molar-refractivity contribution in [2.24, 2.45) is 5.16 Å². The van der Waals surface area contributed by atoms with Gasteiger partial charge in [-0.2, -0.15) is 13.5 Å². The third kappa shape index (κ3) is 4.49. The molecular weight excluding hydrogens is 380 g/mol. The molecule has 0 saturated heterocycles. The Balaban J connectivity index is 1.70. The van der Waals surface area contributed by atoms with Gasteiger partial charge in [0.25, 0.3) is 0 Å². The number of nitrogens with zero attached hydrogens (tertiary/aromatic N) is 2. The lowest BCUT2D eigenvalue weighted by molar-refractivity contribution is 0.338. The standard InChI is InChI=1S/C19H20N4O4S/c1-13-8-10-15(11-9-13)28(24,25)27-23-14(2)20-19-12-17(21-22-19)16-6-4-5-7-18(16)26-3/h4-12H,1-3H3,(H2,20,21,22,23). The molecule has 0 aliphatic heterocycles. The van der Waals surface area contributed by atoms with Crippen molar-refractivity contribution in [1.82, 2.24) is 10.2 Å². The molecule has 1 aromatic heterocycles. The maximum Gasteiger partial charge on any atom is 0.358 e. The van der Waals surface area contributed by atoms with Gasteiger partial charge in [-0.25, -0.2) is 0 Å². The number of aromatic nitrogens is 2. The minimum atomic E-state index is -3.98. The first-order valence-electron chi connectivity index (χ1n) is 8.40. The van der Waals surface area contributed by atoms with E-state index in [1.165, 1.54) is 12.1 Å². The molecule has 3 aromatic rings. The van der Waals surface area contributed by atoms with E-state index in [1.807, 2.05) is 31.2 Å². The molecule has 2 N–H and O–H groups in total. The van der Waals surface area contributed by atoms with Gasteiger partial charge in [-0.1, -0.05) is 35.0 Å². The number of hydrogen-bond donors (Lipinski definition) is 2. The molecule has 9 heteroatoms. The molecule has 0 fully saturated rings. The fraction of sp³-hybridized carbons (Fsp3) is 0.158. The molecule has 0 unspecified atom stereocenters. The third-order valence-corrected chi connectivity index (χ3v) is 4.98. The molecule has 0 radical (unpaired) electrons. The smallest absolute Gasteiger partial charge is 0.358 e. The molecule has 28 heavy (non-hydrogen) atoms. The minimum Gasteiger partial charge on any atom is -0.496 e. The van der Waals surface area contributed by atoms with Crippen molar-refractivity contribution in [2.75, 3.05) is 12.4 Å². The van der Waals surface area contributed by atoms with Crippen LogP contribution in [0, 0.1) is 6.92 Å². The summed E-state index contributed by atoms with van der Waals surface area (Å²) >= 11 is 0. The number of hydrogen-bond acceptors (Lipinski definition) is 6. The highest BCUT2D eigenvalue weighted by molar-refractivity contribution is 7.86. The van der Waals surface area contributed by atoms with Crippen LogP contribution in [-0.2, 0) is 14.4 Å². The van der Waals surface area contributed by atoms with Gasteiger partial charge >= 0.3 is 10.1 Å². The number of oxime groups is 1. The van der Waals surface area contributed by atoms with Gasteiger partial charge in [-0.3, -0.25) is 9.38 Å². The fourth-order valence-electron chi connectivity index (χ4n) is 2.45. The number of aromatic amines is 1. The van der Waals surface area contributed by atoms with Crippen LogP contribution in [0.1, 0.15) is 12.5 Å². The Bertz CT molecular complexity index is 1090. The van der Waals surface area contributed by atoms with E-state index in [4.69, 9.17) is 9.02 Å². The van der Waals surface area contributed by atoms with E-state index in [2.05, 4.69) is 20.7 Å². The summed E-state index contributed by atoms with van der Waals surface area (Å²) in [6.07, 6.45) is 0. The highest BCUT2D eigenvalue weighted by atomic mass is 32.2. The van der Waals surface area contributed by atoms with Crippen molar-refractivity contribution < 1.29 is 17.4 Å². The SMILES string of the molecule is COc1ccccc1-c1cc(N/C(C)=N/OS(=O)(=O)c2ccc(C)cc2)[nH]n1. The first-order valence-corrected chi connectivity index (χ1v) is 9.80.